The number of halogens is 2. The monoisotopic (exact) mass is 400 g/mol. The minimum absolute atomic E-state index is 0.0579. The van der Waals surface area contributed by atoms with Crippen molar-refractivity contribution in [3.63, 3.8) is 0 Å². The third-order valence-electron chi connectivity index (χ3n) is 4.33. The van der Waals surface area contributed by atoms with E-state index < -0.39 is 11.6 Å². The zero-order valence-electron chi connectivity index (χ0n) is 17.4. The van der Waals surface area contributed by atoms with Gasteiger partial charge in [0.15, 0.2) is 0 Å². The van der Waals surface area contributed by atoms with E-state index in [0.29, 0.717) is 5.56 Å². The Balaban J connectivity index is 0.000000921. The number of aryl methyl sites for hydroxylation is 1. The maximum absolute atomic E-state index is 13.7. The molecule has 0 saturated heterocycles. The summed E-state index contributed by atoms with van der Waals surface area (Å²) in [6.07, 6.45) is 3.92. The molecule has 3 heteroatoms. The van der Waals surface area contributed by atoms with E-state index in [1.807, 2.05) is 38.1 Å². The highest BCUT2D eigenvalue weighted by molar-refractivity contribution is 7.79. The van der Waals surface area contributed by atoms with Crippen LogP contribution in [-0.2, 0) is 6.42 Å². The Morgan fingerprint density at radius 2 is 1.04 bits per heavy atom. The molecule has 0 N–H and O–H groups in total. The summed E-state index contributed by atoms with van der Waals surface area (Å²) in [5.74, 6) is -1.03. The molecule has 0 fully saturated rings. The third kappa shape index (κ3) is 6.20. The molecule has 0 radical (unpaired) electrons. The summed E-state index contributed by atoms with van der Waals surface area (Å²) >= 11 is 3.53. The molecule has 0 atom stereocenters. The molecular formula is C25H30F2S. The molecule has 0 saturated carbocycles. The van der Waals surface area contributed by atoms with E-state index in [4.69, 9.17) is 0 Å². The predicted molar refractivity (Wildman–Crippen MR) is 122 cm³/mol. The zero-order valence-corrected chi connectivity index (χ0v) is 18.3. The second-order valence-corrected chi connectivity index (χ2v) is 6.09. The minimum atomic E-state index is -0.513. The Labute approximate surface area is 174 Å². The first-order valence-electron chi connectivity index (χ1n) is 9.68. The van der Waals surface area contributed by atoms with Crippen LogP contribution in [0.1, 0.15) is 38.3 Å². The first-order valence-corrected chi connectivity index (χ1v) is 10.6. The summed E-state index contributed by atoms with van der Waals surface area (Å²) in [5.41, 5.74) is 4.99. The lowest BCUT2D eigenvalue weighted by Crippen LogP contribution is -1.90. The van der Waals surface area contributed by atoms with Gasteiger partial charge in [-0.05, 0) is 59.6 Å². The van der Waals surface area contributed by atoms with Crippen LogP contribution >= 0.6 is 12.6 Å². The van der Waals surface area contributed by atoms with Crippen LogP contribution in [0.25, 0.3) is 22.3 Å². The van der Waals surface area contributed by atoms with Gasteiger partial charge in [-0.2, -0.15) is 12.6 Å². The SMILES string of the molecule is CC.CCCc1ccc(-c2ccc(-c3cc(F)c(C)c(F)c3)cc2)cc1.CS. The molecule has 0 aliphatic heterocycles. The van der Waals surface area contributed by atoms with Crippen molar-refractivity contribution in [3.8, 4) is 22.3 Å². The van der Waals surface area contributed by atoms with Gasteiger partial charge in [0.05, 0.1) is 0 Å². The average molecular weight is 401 g/mol. The van der Waals surface area contributed by atoms with Crippen molar-refractivity contribution in [3.05, 3.63) is 83.4 Å². The summed E-state index contributed by atoms with van der Waals surface area (Å²) < 4.78 is 27.5. The van der Waals surface area contributed by atoms with Crippen LogP contribution in [-0.4, -0.2) is 6.26 Å². The van der Waals surface area contributed by atoms with Gasteiger partial charge < -0.3 is 0 Å². The van der Waals surface area contributed by atoms with E-state index >= 15 is 0 Å². The lowest BCUT2D eigenvalue weighted by atomic mass is 9.98. The largest absolute Gasteiger partial charge is 0.207 e. The van der Waals surface area contributed by atoms with Crippen molar-refractivity contribution >= 4 is 12.6 Å². The molecule has 28 heavy (non-hydrogen) atoms. The average Bonchev–Trinajstić information content (AvgIpc) is 2.75. The number of benzene rings is 3. The fourth-order valence-corrected chi connectivity index (χ4v) is 2.82. The highest BCUT2D eigenvalue weighted by Gasteiger charge is 2.08. The Morgan fingerprint density at radius 1 is 0.679 bits per heavy atom. The summed E-state index contributed by atoms with van der Waals surface area (Å²) in [6.45, 7) is 7.61. The second kappa shape index (κ2) is 12.4. The predicted octanol–water partition coefficient (Wildman–Crippen LogP) is 8.13. The normalized spacial score (nSPS) is 9.71. The smallest absolute Gasteiger partial charge is 0.129 e. The van der Waals surface area contributed by atoms with Crippen LogP contribution in [0.3, 0.4) is 0 Å². The van der Waals surface area contributed by atoms with Gasteiger partial charge in [0, 0.05) is 5.56 Å². The van der Waals surface area contributed by atoms with Gasteiger partial charge in [0.25, 0.3) is 0 Å². The minimum Gasteiger partial charge on any atom is -0.207 e. The molecule has 0 amide bonds. The van der Waals surface area contributed by atoms with Crippen LogP contribution in [0.2, 0.25) is 0 Å². The third-order valence-corrected chi connectivity index (χ3v) is 4.33. The number of rotatable bonds is 4. The summed E-state index contributed by atoms with van der Waals surface area (Å²) in [4.78, 5) is 0. The van der Waals surface area contributed by atoms with Crippen molar-refractivity contribution in [1.29, 1.82) is 0 Å². The first kappa shape index (κ1) is 23.9. The van der Waals surface area contributed by atoms with Crippen LogP contribution in [0.15, 0.2) is 60.7 Å². The van der Waals surface area contributed by atoms with Gasteiger partial charge in [0.1, 0.15) is 11.6 Å². The van der Waals surface area contributed by atoms with Crippen molar-refractivity contribution in [1.82, 2.24) is 0 Å². The highest BCUT2D eigenvalue weighted by Crippen LogP contribution is 2.27. The molecule has 0 aliphatic carbocycles. The molecule has 3 aromatic carbocycles. The Hall–Kier alpha value is -2.13. The molecule has 0 nitrogen and oxygen atoms in total. The van der Waals surface area contributed by atoms with Gasteiger partial charge in [-0.3, -0.25) is 0 Å². The van der Waals surface area contributed by atoms with E-state index in [1.165, 1.54) is 24.6 Å². The molecule has 0 aliphatic rings. The number of hydrogen-bond acceptors (Lipinski definition) is 1. The molecule has 0 unspecified atom stereocenters. The second-order valence-electron chi connectivity index (χ2n) is 6.09. The topological polar surface area (TPSA) is 0 Å². The van der Waals surface area contributed by atoms with Gasteiger partial charge >= 0.3 is 0 Å². The van der Waals surface area contributed by atoms with Crippen molar-refractivity contribution in [2.24, 2.45) is 0 Å². The standard InChI is InChI=1S/C22H20F2.C2H6.CH4S/c1-3-4-16-5-7-17(8-6-16)18-9-11-19(12-10-18)20-13-21(23)15(2)22(24)14-20;2*1-2/h5-14H,3-4H2,1-2H3;1-2H3;2H,1H3. The van der Waals surface area contributed by atoms with Crippen LogP contribution in [0.5, 0.6) is 0 Å². The van der Waals surface area contributed by atoms with E-state index in [-0.39, 0.29) is 5.56 Å². The molecule has 0 heterocycles. The maximum Gasteiger partial charge on any atom is 0.129 e. The van der Waals surface area contributed by atoms with Crippen molar-refractivity contribution < 1.29 is 8.78 Å². The number of thiol groups is 1. The van der Waals surface area contributed by atoms with Crippen molar-refractivity contribution in [2.75, 3.05) is 6.26 Å². The molecule has 0 spiro atoms. The first-order chi connectivity index (χ1) is 13.6. The quantitative estimate of drug-likeness (QED) is 0.420. The maximum atomic E-state index is 13.7. The van der Waals surface area contributed by atoms with Gasteiger partial charge in [0.2, 0.25) is 0 Å². The van der Waals surface area contributed by atoms with E-state index in [9.17, 15) is 8.78 Å². The van der Waals surface area contributed by atoms with Crippen molar-refractivity contribution in [2.45, 2.75) is 40.5 Å². The molecule has 0 bridgehead atoms. The lowest BCUT2D eigenvalue weighted by molar-refractivity contribution is 0.569. The Bertz CT molecular complexity index is 814. The van der Waals surface area contributed by atoms with E-state index in [0.717, 1.165) is 29.5 Å². The number of hydrogen-bond donors (Lipinski definition) is 1. The van der Waals surface area contributed by atoms with Crippen LogP contribution < -0.4 is 0 Å². The van der Waals surface area contributed by atoms with Crippen LogP contribution in [0.4, 0.5) is 8.78 Å². The van der Waals surface area contributed by atoms with Crippen LogP contribution in [0, 0.1) is 18.6 Å². The zero-order chi connectivity index (χ0) is 21.1. The van der Waals surface area contributed by atoms with E-state index in [1.54, 1.807) is 6.26 Å². The molecular weight excluding hydrogens is 370 g/mol. The molecule has 0 aromatic heterocycles. The fourth-order valence-electron chi connectivity index (χ4n) is 2.82. The molecule has 3 rings (SSSR count). The Morgan fingerprint density at radius 3 is 1.43 bits per heavy atom. The lowest BCUT2D eigenvalue weighted by Gasteiger charge is -2.08. The van der Waals surface area contributed by atoms with E-state index in [2.05, 4.69) is 43.8 Å². The van der Waals surface area contributed by atoms with Gasteiger partial charge in [-0.25, -0.2) is 8.78 Å². The van der Waals surface area contributed by atoms with Gasteiger partial charge in [-0.1, -0.05) is 75.7 Å². The summed E-state index contributed by atoms with van der Waals surface area (Å²) in [6, 6.07) is 19.1. The highest BCUT2D eigenvalue weighted by atomic mass is 32.1. The summed E-state index contributed by atoms with van der Waals surface area (Å²) in [7, 11) is 0. The molecule has 3 aromatic rings. The Kier molecular flexibility index (Phi) is 10.5. The fraction of sp³-hybridized carbons (Fsp3) is 0.280. The molecule has 150 valence electrons. The van der Waals surface area contributed by atoms with Gasteiger partial charge in [-0.15, -0.1) is 0 Å². The summed E-state index contributed by atoms with van der Waals surface area (Å²) in [5, 5.41) is 0.